The lowest BCUT2D eigenvalue weighted by Gasteiger charge is -2.40. The summed E-state index contributed by atoms with van der Waals surface area (Å²) in [6.45, 7) is 3.37. The second kappa shape index (κ2) is 12.7. The third kappa shape index (κ3) is 6.21. The number of hydrogen-bond acceptors (Lipinski definition) is 7. The monoisotopic (exact) mass is 669 g/mol. The van der Waals surface area contributed by atoms with Crippen molar-refractivity contribution >= 4 is 35.0 Å². The quantitative estimate of drug-likeness (QED) is 0.160. The molecular weight excluding hydrogens is 637 g/mol. The number of rotatable bonds is 9. The zero-order valence-corrected chi connectivity index (χ0v) is 27.3. The highest BCUT2D eigenvalue weighted by molar-refractivity contribution is 6.39. The Labute approximate surface area is 282 Å². The molecule has 1 saturated heterocycles. The lowest BCUT2D eigenvalue weighted by Crippen LogP contribution is -2.43. The number of aliphatic hydroxyl groups is 1. The minimum absolute atomic E-state index is 0.194. The molecule has 2 N–H and O–H groups in total. The smallest absolute Gasteiger partial charge is 0.335 e. The molecule has 0 spiro atoms. The molecule has 8 nitrogen and oxygen atoms in total. The fourth-order valence-electron chi connectivity index (χ4n) is 6.46. The molecule has 2 fully saturated rings. The van der Waals surface area contributed by atoms with Crippen LogP contribution < -0.4 is 9.64 Å². The number of benzene rings is 3. The van der Waals surface area contributed by atoms with Crippen molar-refractivity contribution in [1.29, 1.82) is 0 Å². The molecule has 2 aliphatic rings. The Morgan fingerprint density at radius 1 is 1.00 bits per heavy atom. The third-order valence-corrected chi connectivity index (χ3v) is 9.80. The maximum atomic E-state index is 12.0. The van der Waals surface area contributed by atoms with Crippen LogP contribution in [-0.2, 0) is 12.2 Å². The number of carboxylic acid groups (broad SMARTS) is 1. The van der Waals surface area contributed by atoms with E-state index in [1.165, 1.54) is 12.3 Å². The maximum Gasteiger partial charge on any atom is 0.335 e. The van der Waals surface area contributed by atoms with Crippen LogP contribution in [-0.4, -0.2) is 39.4 Å². The molecule has 0 unspecified atom stereocenters. The molecule has 0 bridgehead atoms. The van der Waals surface area contributed by atoms with Crippen LogP contribution in [0.15, 0.2) is 83.5 Å². The summed E-state index contributed by atoms with van der Waals surface area (Å²) in [6, 6.07) is 22.4. The Morgan fingerprint density at radius 2 is 1.74 bits per heavy atom. The van der Waals surface area contributed by atoms with Gasteiger partial charge in [0, 0.05) is 30.8 Å². The minimum atomic E-state index is -1.05. The van der Waals surface area contributed by atoms with Crippen LogP contribution >= 0.6 is 23.2 Å². The Bertz CT molecular complexity index is 1940. The van der Waals surface area contributed by atoms with Gasteiger partial charge in [-0.2, -0.15) is 0 Å². The molecule has 7 rings (SSSR count). The minimum Gasteiger partial charge on any atom is -0.489 e. The molecule has 2 aromatic heterocycles. The summed E-state index contributed by atoms with van der Waals surface area (Å²) < 4.78 is 12.1. The number of carbonyl (C=O) groups is 1. The lowest BCUT2D eigenvalue weighted by molar-refractivity contribution is 0.0122. The number of piperidine rings is 1. The van der Waals surface area contributed by atoms with Crippen LogP contribution in [0.25, 0.3) is 22.4 Å². The van der Waals surface area contributed by atoms with Crippen molar-refractivity contribution in [1.82, 2.24) is 10.1 Å². The van der Waals surface area contributed by atoms with Gasteiger partial charge in [-0.3, -0.25) is 0 Å². The average molecular weight is 671 g/mol. The fraction of sp³-hybridized carbons (Fsp3) is 0.270. The van der Waals surface area contributed by atoms with Gasteiger partial charge in [0.05, 0.1) is 26.8 Å². The first-order chi connectivity index (χ1) is 22.7. The van der Waals surface area contributed by atoms with Gasteiger partial charge in [0.2, 0.25) is 0 Å². The van der Waals surface area contributed by atoms with Gasteiger partial charge in [0.15, 0.2) is 0 Å². The van der Waals surface area contributed by atoms with Crippen molar-refractivity contribution in [2.24, 2.45) is 0 Å². The summed E-state index contributed by atoms with van der Waals surface area (Å²) in [5.74, 6) is 1.45. The van der Waals surface area contributed by atoms with E-state index in [0.29, 0.717) is 64.7 Å². The van der Waals surface area contributed by atoms with Gasteiger partial charge < -0.3 is 24.4 Å². The van der Waals surface area contributed by atoms with Gasteiger partial charge >= 0.3 is 5.97 Å². The highest BCUT2D eigenvalue weighted by Crippen LogP contribution is 2.46. The molecule has 0 amide bonds. The number of aryl methyl sites for hydroxylation is 1. The zero-order valence-electron chi connectivity index (χ0n) is 25.7. The number of ether oxygens (including phenoxy) is 1. The molecule has 10 heteroatoms. The predicted molar refractivity (Wildman–Crippen MR) is 181 cm³/mol. The molecule has 3 aromatic carbocycles. The van der Waals surface area contributed by atoms with Crippen molar-refractivity contribution < 1.29 is 24.3 Å². The number of aromatic carboxylic acids is 1. The lowest BCUT2D eigenvalue weighted by atomic mass is 9.80. The van der Waals surface area contributed by atoms with E-state index in [2.05, 4.69) is 10.1 Å². The van der Waals surface area contributed by atoms with Gasteiger partial charge in [0.1, 0.15) is 29.6 Å². The Morgan fingerprint density at radius 3 is 2.45 bits per heavy atom. The number of anilines is 1. The SMILES string of the molecule is Cc1cc(OCc2c(-c3c(Cl)cccc3Cl)noc2C2CC2)ccc1-c1ccccc1C1(O)CCN(c2cc(C(=O)O)ccn2)CC1. The van der Waals surface area contributed by atoms with Gasteiger partial charge in [-0.25, -0.2) is 9.78 Å². The van der Waals surface area contributed by atoms with Crippen LogP contribution in [0.1, 0.15) is 64.4 Å². The van der Waals surface area contributed by atoms with Gasteiger partial charge in [-0.15, -0.1) is 0 Å². The summed E-state index contributed by atoms with van der Waals surface area (Å²) in [5.41, 5.74) is 5.08. The molecule has 5 aromatic rings. The molecule has 47 heavy (non-hydrogen) atoms. The summed E-state index contributed by atoms with van der Waals surface area (Å²) >= 11 is 13.1. The van der Waals surface area contributed by atoms with Crippen molar-refractivity contribution in [3.8, 4) is 28.1 Å². The highest BCUT2D eigenvalue weighted by atomic mass is 35.5. The molecule has 0 atom stereocenters. The van der Waals surface area contributed by atoms with Crippen molar-refractivity contribution in [2.45, 2.75) is 50.7 Å². The van der Waals surface area contributed by atoms with E-state index in [9.17, 15) is 15.0 Å². The number of nitrogens with zero attached hydrogens (tertiary/aromatic N) is 3. The molecular formula is C37H33Cl2N3O5. The maximum absolute atomic E-state index is 12.0. The number of aromatic nitrogens is 2. The van der Waals surface area contributed by atoms with Crippen LogP contribution in [0.2, 0.25) is 10.0 Å². The third-order valence-electron chi connectivity index (χ3n) is 9.17. The second-order valence-corrected chi connectivity index (χ2v) is 13.1. The second-order valence-electron chi connectivity index (χ2n) is 12.3. The largest absolute Gasteiger partial charge is 0.489 e. The molecule has 3 heterocycles. The zero-order chi connectivity index (χ0) is 32.7. The van der Waals surface area contributed by atoms with Crippen LogP contribution in [0.5, 0.6) is 5.75 Å². The van der Waals surface area contributed by atoms with E-state index < -0.39 is 11.6 Å². The first kappa shape index (κ1) is 31.2. The van der Waals surface area contributed by atoms with Crippen LogP contribution in [0.3, 0.4) is 0 Å². The van der Waals surface area contributed by atoms with E-state index in [4.69, 9.17) is 32.5 Å². The molecule has 0 radical (unpaired) electrons. The number of hydrogen-bond donors (Lipinski definition) is 2. The average Bonchev–Trinajstić information content (AvgIpc) is 3.84. The van der Waals surface area contributed by atoms with Crippen molar-refractivity contribution in [2.75, 3.05) is 18.0 Å². The fourth-order valence-corrected chi connectivity index (χ4v) is 7.03. The Hall–Kier alpha value is -4.37. The molecule has 1 aliphatic heterocycles. The van der Waals surface area contributed by atoms with Gasteiger partial charge in [0.25, 0.3) is 0 Å². The van der Waals surface area contributed by atoms with Gasteiger partial charge in [-0.1, -0.05) is 64.8 Å². The van der Waals surface area contributed by atoms with Crippen molar-refractivity contribution in [3.63, 3.8) is 0 Å². The van der Waals surface area contributed by atoms with E-state index in [1.54, 1.807) is 24.3 Å². The van der Waals surface area contributed by atoms with E-state index in [-0.39, 0.29) is 12.2 Å². The first-order valence-electron chi connectivity index (χ1n) is 15.6. The normalized spacial score (nSPS) is 15.9. The number of pyridine rings is 1. The topological polar surface area (TPSA) is 109 Å². The summed E-state index contributed by atoms with van der Waals surface area (Å²) in [4.78, 5) is 17.9. The van der Waals surface area contributed by atoms with Crippen LogP contribution in [0, 0.1) is 6.92 Å². The standard InChI is InChI=1S/C37H33Cl2N3O5/c1-22-19-25(46-21-28-34(41-47-35(28)23-9-10-23)33-30(38)7-4-8-31(33)39)11-12-26(22)27-5-2-3-6-29(27)37(45)14-17-42(18-15-37)32-20-24(36(43)44)13-16-40-32/h2-8,11-13,16,19-20,23,45H,9-10,14-15,17-18,21H2,1H3,(H,43,44). The highest BCUT2D eigenvalue weighted by Gasteiger charge is 2.37. The number of halogens is 2. The Kier molecular flexibility index (Phi) is 8.43. The Balaban J connectivity index is 1.11. The van der Waals surface area contributed by atoms with E-state index in [1.807, 2.05) is 54.3 Å². The van der Waals surface area contributed by atoms with E-state index >= 15 is 0 Å². The van der Waals surface area contributed by atoms with Gasteiger partial charge in [-0.05, 0) is 91.3 Å². The summed E-state index contributed by atoms with van der Waals surface area (Å²) in [7, 11) is 0. The molecule has 240 valence electrons. The summed E-state index contributed by atoms with van der Waals surface area (Å²) in [6.07, 6.45) is 4.55. The molecule has 1 saturated carbocycles. The van der Waals surface area contributed by atoms with Crippen LogP contribution in [0.4, 0.5) is 5.82 Å². The van der Waals surface area contributed by atoms with E-state index in [0.717, 1.165) is 46.4 Å². The van der Waals surface area contributed by atoms with Crippen molar-refractivity contribution in [3.05, 3.63) is 117 Å². The first-order valence-corrected chi connectivity index (χ1v) is 16.4. The molecule has 1 aliphatic carbocycles. The predicted octanol–water partition coefficient (Wildman–Crippen LogP) is 8.66. The summed E-state index contributed by atoms with van der Waals surface area (Å²) in [5, 5.41) is 26.7. The number of carboxylic acids is 1.